The highest BCUT2D eigenvalue weighted by molar-refractivity contribution is 7.92. The molecule has 1 N–H and O–H groups in total. The molecule has 1 heterocycles. The van der Waals surface area contributed by atoms with Crippen LogP contribution in [0.5, 0.6) is 0 Å². The van der Waals surface area contributed by atoms with Gasteiger partial charge in [-0.25, -0.2) is 8.42 Å². The lowest BCUT2D eigenvalue weighted by Crippen LogP contribution is -2.34. The summed E-state index contributed by atoms with van der Waals surface area (Å²) in [6.45, 7) is 4.98. The first-order valence-corrected chi connectivity index (χ1v) is 9.79. The van der Waals surface area contributed by atoms with Gasteiger partial charge in [-0.1, -0.05) is 25.1 Å². The Hall–Kier alpha value is -1.86. The van der Waals surface area contributed by atoms with Crippen molar-refractivity contribution < 1.29 is 22.7 Å². The van der Waals surface area contributed by atoms with Crippen molar-refractivity contribution in [3.63, 3.8) is 0 Å². The van der Waals surface area contributed by atoms with E-state index >= 15 is 0 Å². The summed E-state index contributed by atoms with van der Waals surface area (Å²) in [6.07, 6.45) is 0.865. The largest absolute Gasteiger partial charge is 0.480 e. The number of sulfone groups is 1. The molecule has 0 saturated heterocycles. The van der Waals surface area contributed by atoms with Crippen LogP contribution in [0.2, 0.25) is 0 Å². The molecule has 132 valence electrons. The second-order valence-electron chi connectivity index (χ2n) is 5.88. The van der Waals surface area contributed by atoms with E-state index in [9.17, 15) is 13.2 Å². The maximum atomic E-state index is 11.8. The number of furan rings is 1. The molecule has 1 atom stereocenters. The Balaban J connectivity index is 2.12. The van der Waals surface area contributed by atoms with Crippen molar-refractivity contribution in [1.82, 2.24) is 4.90 Å². The van der Waals surface area contributed by atoms with E-state index in [1.165, 1.54) is 0 Å². The van der Waals surface area contributed by atoms with Crippen molar-refractivity contribution in [1.29, 1.82) is 0 Å². The zero-order valence-electron chi connectivity index (χ0n) is 13.9. The zero-order valence-corrected chi connectivity index (χ0v) is 14.8. The topological polar surface area (TPSA) is 87.8 Å². The van der Waals surface area contributed by atoms with Gasteiger partial charge in [0, 0.05) is 11.9 Å². The summed E-state index contributed by atoms with van der Waals surface area (Å²) in [5.74, 6) is -1.54. The molecule has 0 fully saturated rings. The molecule has 1 aromatic carbocycles. The van der Waals surface area contributed by atoms with Gasteiger partial charge in [0.1, 0.15) is 17.1 Å². The Labute approximate surface area is 142 Å². The summed E-state index contributed by atoms with van der Waals surface area (Å²) in [7, 11) is -3.61. The normalized spacial score (nSPS) is 13.5. The van der Waals surface area contributed by atoms with E-state index in [0.29, 0.717) is 6.54 Å². The molecule has 7 heteroatoms. The molecule has 0 aliphatic heterocycles. The quantitative estimate of drug-likeness (QED) is 0.746. The summed E-state index contributed by atoms with van der Waals surface area (Å²) in [6, 6.07) is 9.59. The van der Waals surface area contributed by atoms with Crippen LogP contribution in [0.1, 0.15) is 32.1 Å². The molecular formula is C17H23NO5S. The molecule has 0 spiro atoms. The fourth-order valence-electron chi connectivity index (χ4n) is 2.69. The molecule has 2 aromatic rings. The van der Waals surface area contributed by atoms with Crippen molar-refractivity contribution in [3.8, 4) is 0 Å². The average Bonchev–Trinajstić information content (AvgIpc) is 2.93. The lowest BCUT2D eigenvalue weighted by atomic mass is 10.2. The van der Waals surface area contributed by atoms with E-state index in [-0.39, 0.29) is 18.3 Å². The first-order valence-electron chi connectivity index (χ1n) is 7.97. The highest BCUT2D eigenvalue weighted by atomic mass is 32.2. The first-order chi connectivity index (χ1) is 11.3. The third kappa shape index (κ3) is 4.82. The molecular weight excluding hydrogens is 330 g/mol. The van der Waals surface area contributed by atoms with Gasteiger partial charge in [0.05, 0.1) is 11.8 Å². The van der Waals surface area contributed by atoms with Gasteiger partial charge in [-0.15, -0.1) is 0 Å². The third-order valence-electron chi connectivity index (χ3n) is 3.95. The van der Waals surface area contributed by atoms with Crippen LogP contribution in [-0.2, 0) is 14.6 Å². The molecule has 6 nitrogen and oxygen atoms in total. The van der Waals surface area contributed by atoms with Crippen LogP contribution in [0.4, 0.5) is 0 Å². The number of nitrogens with zero attached hydrogens (tertiary/aromatic N) is 1. The van der Waals surface area contributed by atoms with Crippen LogP contribution in [0.3, 0.4) is 0 Å². The van der Waals surface area contributed by atoms with Gasteiger partial charge in [0.2, 0.25) is 0 Å². The van der Waals surface area contributed by atoms with Crippen molar-refractivity contribution in [2.24, 2.45) is 0 Å². The maximum Gasteiger partial charge on any atom is 0.318 e. The molecule has 0 aliphatic rings. The Morgan fingerprint density at radius 2 is 2.00 bits per heavy atom. The van der Waals surface area contributed by atoms with Crippen LogP contribution < -0.4 is 0 Å². The highest BCUT2D eigenvalue weighted by Crippen LogP contribution is 2.27. The fraction of sp³-hybridized carbons (Fsp3) is 0.471. The average molecular weight is 353 g/mol. The van der Waals surface area contributed by atoms with Crippen LogP contribution in [0.25, 0.3) is 11.0 Å². The lowest BCUT2D eigenvalue weighted by molar-refractivity contribution is -0.134. The van der Waals surface area contributed by atoms with Gasteiger partial charge in [-0.2, -0.15) is 0 Å². The van der Waals surface area contributed by atoms with Crippen molar-refractivity contribution in [3.05, 3.63) is 36.1 Å². The fourth-order valence-corrected chi connectivity index (χ4v) is 3.72. The van der Waals surface area contributed by atoms with Gasteiger partial charge in [0.15, 0.2) is 9.84 Å². The summed E-state index contributed by atoms with van der Waals surface area (Å²) in [4.78, 5) is 12.6. The number of hydrogen-bond donors (Lipinski definition) is 1. The Morgan fingerprint density at radius 1 is 1.29 bits per heavy atom. The van der Waals surface area contributed by atoms with E-state index in [4.69, 9.17) is 9.52 Å². The van der Waals surface area contributed by atoms with Crippen molar-refractivity contribution in [2.45, 2.75) is 26.3 Å². The number of rotatable bonds is 9. The molecule has 1 aromatic heterocycles. The van der Waals surface area contributed by atoms with Gasteiger partial charge in [0.25, 0.3) is 0 Å². The molecule has 0 radical (unpaired) electrons. The molecule has 0 aliphatic carbocycles. The van der Waals surface area contributed by atoms with Gasteiger partial charge in [-0.05, 0) is 32.0 Å². The van der Waals surface area contributed by atoms with Crippen molar-refractivity contribution in [2.75, 3.05) is 24.6 Å². The molecule has 0 saturated carbocycles. The van der Waals surface area contributed by atoms with Gasteiger partial charge in [-0.3, -0.25) is 9.69 Å². The zero-order chi connectivity index (χ0) is 17.7. The summed E-state index contributed by atoms with van der Waals surface area (Å²) >= 11 is 0. The maximum absolute atomic E-state index is 11.8. The molecule has 2 rings (SSSR count). The number of fused-ring (bicyclic) bond motifs is 1. The van der Waals surface area contributed by atoms with Gasteiger partial charge < -0.3 is 9.52 Å². The summed E-state index contributed by atoms with van der Waals surface area (Å²) < 4.78 is 29.5. The second kappa shape index (κ2) is 7.81. The number of para-hydroxylation sites is 1. The molecule has 1 unspecified atom stereocenters. The number of carbonyl (C=O) groups is 1. The predicted octanol–water partition coefficient (Wildman–Crippen LogP) is 2.71. The summed E-state index contributed by atoms with van der Waals surface area (Å²) in [5, 5.41) is 9.69. The number of benzene rings is 1. The minimum absolute atomic E-state index is 0.0858. The number of aliphatic carboxylic acids is 1. The van der Waals surface area contributed by atoms with Crippen LogP contribution >= 0.6 is 0 Å². The SMILES string of the molecule is CCCN(CCS(=O)(=O)CC(=O)O)C(C)c1cc2ccccc2o1. The Bertz CT molecular complexity index is 763. The minimum atomic E-state index is -3.61. The van der Waals surface area contributed by atoms with Crippen LogP contribution in [0, 0.1) is 0 Å². The van der Waals surface area contributed by atoms with Crippen molar-refractivity contribution >= 4 is 26.8 Å². The highest BCUT2D eigenvalue weighted by Gasteiger charge is 2.22. The standard InChI is InChI=1S/C17H23NO5S/c1-3-8-18(9-10-24(21,22)12-17(19)20)13(2)16-11-14-6-4-5-7-15(14)23-16/h4-7,11,13H,3,8-10,12H2,1-2H3,(H,19,20). The smallest absolute Gasteiger partial charge is 0.318 e. The molecule has 24 heavy (non-hydrogen) atoms. The predicted molar refractivity (Wildman–Crippen MR) is 92.8 cm³/mol. The van der Waals surface area contributed by atoms with E-state index in [1.807, 2.05) is 49.1 Å². The van der Waals surface area contributed by atoms with E-state index in [0.717, 1.165) is 23.2 Å². The van der Waals surface area contributed by atoms with Crippen LogP contribution in [-0.4, -0.2) is 49.0 Å². The number of hydrogen-bond acceptors (Lipinski definition) is 5. The van der Waals surface area contributed by atoms with Gasteiger partial charge >= 0.3 is 5.97 Å². The minimum Gasteiger partial charge on any atom is -0.480 e. The first kappa shape index (κ1) is 18.5. The molecule has 0 bridgehead atoms. The van der Waals surface area contributed by atoms with Crippen LogP contribution in [0.15, 0.2) is 34.7 Å². The lowest BCUT2D eigenvalue weighted by Gasteiger charge is -2.27. The second-order valence-corrected chi connectivity index (χ2v) is 8.07. The monoisotopic (exact) mass is 353 g/mol. The van der Waals surface area contributed by atoms with E-state index in [2.05, 4.69) is 0 Å². The number of carboxylic acids is 1. The van der Waals surface area contributed by atoms with E-state index < -0.39 is 21.6 Å². The molecule has 0 amide bonds. The Kier molecular flexibility index (Phi) is 6.01. The Morgan fingerprint density at radius 3 is 2.62 bits per heavy atom. The third-order valence-corrected chi connectivity index (χ3v) is 5.44. The summed E-state index contributed by atoms with van der Waals surface area (Å²) in [5.41, 5.74) is 0.800. The number of carboxylic acid groups (broad SMARTS) is 1. The van der Waals surface area contributed by atoms with E-state index in [1.54, 1.807) is 0 Å².